The fourth-order valence-electron chi connectivity index (χ4n) is 4.52. The van der Waals surface area contributed by atoms with Crippen molar-refractivity contribution in [2.24, 2.45) is 0 Å². The van der Waals surface area contributed by atoms with Crippen LogP contribution in [0, 0.1) is 13.8 Å². The molecule has 4 nitrogen and oxygen atoms in total. The van der Waals surface area contributed by atoms with E-state index in [1.807, 2.05) is 6.92 Å². The van der Waals surface area contributed by atoms with E-state index >= 15 is 0 Å². The van der Waals surface area contributed by atoms with Crippen LogP contribution in [-0.2, 0) is 0 Å². The van der Waals surface area contributed by atoms with Gasteiger partial charge in [0.2, 0.25) is 0 Å². The van der Waals surface area contributed by atoms with E-state index in [0.29, 0.717) is 24.2 Å². The zero-order valence-electron chi connectivity index (χ0n) is 13.1. The summed E-state index contributed by atoms with van der Waals surface area (Å²) in [4.78, 5) is 2.75. The summed E-state index contributed by atoms with van der Waals surface area (Å²) in [6.45, 7) is 6.44. The lowest BCUT2D eigenvalue weighted by Crippen LogP contribution is -2.56. The van der Waals surface area contributed by atoms with Crippen molar-refractivity contribution < 1.29 is 4.52 Å². The lowest BCUT2D eigenvalue weighted by Gasteiger charge is -2.51. The molecule has 2 aliphatic heterocycles. The van der Waals surface area contributed by atoms with Gasteiger partial charge in [0, 0.05) is 29.7 Å². The van der Waals surface area contributed by atoms with Gasteiger partial charge in [-0.05, 0) is 53.5 Å². The second kappa shape index (κ2) is 5.49. The van der Waals surface area contributed by atoms with E-state index in [9.17, 15) is 0 Å². The smallest absolute Gasteiger partial charge is 0.138 e. The number of hydrogen-bond acceptors (Lipinski definition) is 4. The average molecular weight is 277 g/mol. The maximum Gasteiger partial charge on any atom is 0.138 e. The summed E-state index contributed by atoms with van der Waals surface area (Å²) in [5, 5.41) is 7.64. The van der Waals surface area contributed by atoms with Crippen molar-refractivity contribution in [2.45, 2.75) is 77.0 Å². The fraction of sp³-hybridized carbons (Fsp3) is 0.812. The van der Waals surface area contributed by atoms with Gasteiger partial charge in [0.25, 0.3) is 0 Å². The molecule has 2 saturated heterocycles. The molecule has 0 radical (unpaired) electrons. The first-order valence-corrected chi connectivity index (χ1v) is 7.99. The third-order valence-corrected chi connectivity index (χ3v) is 5.39. The Balaban J connectivity index is 1.86. The average Bonchev–Trinajstić information content (AvgIpc) is 2.76. The first kappa shape index (κ1) is 14.1. The molecular formula is C16H27N3O. The molecule has 0 amide bonds. The van der Waals surface area contributed by atoms with E-state index < -0.39 is 0 Å². The van der Waals surface area contributed by atoms with E-state index in [1.165, 1.54) is 37.7 Å². The van der Waals surface area contributed by atoms with Crippen LogP contribution < -0.4 is 5.32 Å². The third-order valence-electron chi connectivity index (χ3n) is 5.39. The van der Waals surface area contributed by atoms with Crippen LogP contribution in [0.4, 0.5) is 0 Å². The number of fused-ring (bicyclic) bond motifs is 2. The molecule has 3 atom stereocenters. The van der Waals surface area contributed by atoms with E-state index in [-0.39, 0.29) is 0 Å². The van der Waals surface area contributed by atoms with Crippen molar-refractivity contribution >= 4 is 0 Å². The van der Waals surface area contributed by atoms with Crippen molar-refractivity contribution in [3.8, 4) is 0 Å². The summed E-state index contributed by atoms with van der Waals surface area (Å²) in [5.41, 5.74) is 2.37. The molecule has 2 aliphatic rings. The first-order valence-electron chi connectivity index (χ1n) is 7.99. The summed E-state index contributed by atoms with van der Waals surface area (Å²) in [5.74, 6) is 0.990. The summed E-state index contributed by atoms with van der Waals surface area (Å²) in [6.07, 6.45) is 6.61. The zero-order chi connectivity index (χ0) is 14.3. The Hall–Kier alpha value is -0.870. The molecule has 2 fully saturated rings. The van der Waals surface area contributed by atoms with Gasteiger partial charge in [-0.15, -0.1) is 0 Å². The van der Waals surface area contributed by atoms with Crippen LogP contribution in [0.3, 0.4) is 0 Å². The van der Waals surface area contributed by atoms with Gasteiger partial charge >= 0.3 is 0 Å². The van der Waals surface area contributed by atoms with Crippen molar-refractivity contribution in [3.63, 3.8) is 0 Å². The predicted octanol–water partition coefficient (Wildman–Crippen LogP) is 2.96. The lowest BCUT2D eigenvalue weighted by atomic mass is 9.80. The molecule has 20 heavy (non-hydrogen) atoms. The van der Waals surface area contributed by atoms with Crippen LogP contribution in [0.15, 0.2) is 4.52 Å². The Morgan fingerprint density at radius 1 is 1.25 bits per heavy atom. The number of nitrogens with one attached hydrogen (secondary N) is 1. The number of aryl methyl sites for hydroxylation is 2. The van der Waals surface area contributed by atoms with E-state index in [0.717, 1.165) is 11.5 Å². The third kappa shape index (κ3) is 2.29. The second-order valence-corrected chi connectivity index (χ2v) is 6.56. The Bertz CT molecular complexity index is 437. The molecule has 1 aromatic heterocycles. The van der Waals surface area contributed by atoms with Gasteiger partial charge in [0.05, 0.1) is 5.69 Å². The molecule has 2 bridgehead atoms. The number of hydrogen-bond donors (Lipinski definition) is 1. The Labute approximate surface area is 121 Å². The highest BCUT2D eigenvalue weighted by atomic mass is 16.5. The summed E-state index contributed by atoms with van der Waals surface area (Å²) < 4.78 is 5.38. The molecule has 3 unspecified atom stereocenters. The van der Waals surface area contributed by atoms with E-state index in [1.54, 1.807) is 0 Å². The van der Waals surface area contributed by atoms with Crippen LogP contribution in [0.1, 0.15) is 62.1 Å². The lowest BCUT2D eigenvalue weighted by molar-refractivity contribution is -0.00567. The Kier molecular flexibility index (Phi) is 3.87. The Morgan fingerprint density at radius 3 is 2.40 bits per heavy atom. The van der Waals surface area contributed by atoms with E-state index in [4.69, 9.17) is 4.52 Å². The minimum Gasteiger partial charge on any atom is -0.361 e. The SMILES string of the molecule is CNC1CC2CCCC(C1)N2C(C)c1c(C)noc1C. The Morgan fingerprint density at radius 2 is 1.90 bits per heavy atom. The maximum atomic E-state index is 5.38. The molecule has 1 aromatic rings. The normalized spacial score (nSPS) is 32.3. The number of aromatic nitrogens is 1. The quantitative estimate of drug-likeness (QED) is 0.922. The van der Waals surface area contributed by atoms with Crippen molar-refractivity contribution in [1.29, 1.82) is 0 Å². The molecule has 0 spiro atoms. The van der Waals surface area contributed by atoms with Crippen LogP contribution >= 0.6 is 0 Å². The molecule has 3 heterocycles. The monoisotopic (exact) mass is 277 g/mol. The topological polar surface area (TPSA) is 41.3 Å². The molecule has 3 rings (SSSR count). The van der Waals surface area contributed by atoms with Crippen LogP contribution in [0.5, 0.6) is 0 Å². The molecule has 0 saturated carbocycles. The van der Waals surface area contributed by atoms with Gasteiger partial charge in [-0.2, -0.15) is 0 Å². The minimum atomic E-state index is 0.425. The maximum absolute atomic E-state index is 5.38. The number of rotatable bonds is 3. The molecule has 4 heteroatoms. The summed E-state index contributed by atoms with van der Waals surface area (Å²) in [6, 6.07) is 2.54. The highest BCUT2D eigenvalue weighted by molar-refractivity contribution is 5.25. The first-order chi connectivity index (χ1) is 9.61. The largest absolute Gasteiger partial charge is 0.361 e. The zero-order valence-corrected chi connectivity index (χ0v) is 13.1. The summed E-state index contributed by atoms with van der Waals surface area (Å²) >= 11 is 0. The van der Waals surface area contributed by atoms with Gasteiger partial charge in [-0.25, -0.2) is 0 Å². The van der Waals surface area contributed by atoms with Crippen molar-refractivity contribution in [1.82, 2.24) is 15.4 Å². The molecule has 0 aliphatic carbocycles. The molecule has 112 valence electrons. The van der Waals surface area contributed by atoms with Gasteiger partial charge in [-0.1, -0.05) is 11.6 Å². The van der Waals surface area contributed by atoms with E-state index in [2.05, 4.69) is 36.3 Å². The van der Waals surface area contributed by atoms with Gasteiger partial charge in [0.1, 0.15) is 5.76 Å². The molecule has 0 aromatic carbocycles. The van der Waals surface area contributed by atoms with Gasteiger partial charge in [0.15, 0.2) is 0 Å². The van der Waals surface area contributed by atoms with Crippen molar-refractivity contribution in [3.05, 3.63) is 17.0 Å². The highest BCUT2D eigenvalue weighted by Gasteiger charge is 2.41. The van der Waals surface area contributed by atoms with Crippen LogP contribution in [0.2, 0.25) is 0 Å². The summed E-state index contributed by atoms with van der Waals surface area (Å²) in [7, 11) is 2.10. The van der Waals surface area contributed by atoms with Gasteiger partial charge in [-0.3, -0.25) is 4.90 Å². The number of nitrogens with zero attached hydrogens (tertiary/aromatic N) is 2. The van der Waals surface area contributed by atoms with Crippen LogP contribution in [-0.4, -0.2) is 35.2 Å². The van der Waals surface area contributed by atoms with Gasteiger partial charge < -0.3 is 9.84 Å². The minimum absolute atomic E-state index is 0.425. The second-order valence-electron chi connectivity index (χ2n) is 6.56. The predicted molar refractivity (Wildman–Crippen MR) is 79.7 cm³/mol. The fourth-order valence-corrected chi connectivity index (χ4v) is 4.52. The number of piperidine rings is 2. The highest BCUT2D eigenvalue weighted by Crippen LogP contribution is 2.41. The standard InChI is InChI=1S/C16H27N3O/c1-10-16(12(3)20-18-10)11(2)19-14-6-5-7-15(19)9-13(8-14)17-4/h11,13-15,17H,5-9H2,1-4H3. The molecular weight excluding hydrogens is 250 g/mol. The van der Waals surface area contributed by atoms with Crippen molar-refractivity contribution in [2.75, 3.05) is 7.05 Å². The van der Waals surface area contributed by atoms with Crippen LogP contribution in [0.25, 0.3) is 0 Å². The molecule has 1 N–H and O–H groups in total.